The number of phosphoric ester groups is 1. The minimum Gasteiger partial charge on any atom is -0.454 e. The van der Waals surface area contributed by atoms with Crippen LogP contribution < -0.4 is 22.6 Å². The van der Waals surface area contributed by atoms with E-state index in [1.54, 1.807) is 13.8 Å². The van der Waals surface area contributed by atoms with Crippen LogP contribution in [0, 0.1) is 5.92 Å². The number of hydrogen-bond donors (Lipinski definition) is 6. The molecule has 0 spiro atoms. The molecule has 3 aliphatic heterocycles. The van der Waals surface area contributed by atoms with Crippen LogP contribution in [0.25, 0.3) is 22.3 Å². The minimum atomic E-state index is -5.24. The number of hydrogen-bond acceptors (Lipinski definition) is 20. The largest absolute Gasteiger partial charge is 0.472 e. The molecule has 8 N–H and O–H groups in total. The van der Waals surface area contributed by atoms with Gasteiger partial charge in [-0.15, -0.1) is 0 Å². The summed E-state index contributed by atoms with van der Waals surface area (Å²) in [5.74, 6) is -1.92. The predicted octanol–water partition coefficient (Wildman–Crippen LogP) is 0.217. The van der Waals surface area contributed by atoms with Gasteiger partial charge in [-0.3, -0.25) is 51.6 Å². The van der Waals surface area contributed by atoms with E-state index in [4.69, 9.17) is 43.8 Å². The fourth-order valence-corrected chi connectivity index (χ4v) is 9.70. The third-order valence-corrected chi connectivity index (χ3v) is 12.7. The molecule has 0 saturated carbocycles. The molecule has 2 bridgehead atoms. The molecule has 0 aromatic carbocycles. The molecule has 0 radical (unpaired) electrons. The van der Waals surface area contributed by atoms with Gasteiger partial charge in [-0.25, -0.2) is 23.5 Å². The molecule has 54 heavy (non-hydrogen) atoms. The number of fused-ring (bicyclic) bond motifs is 5. The van der Waals surface area contributed by atoms with Crippen molar-refractivity contribution in [3.8, 4) is 0 Å². The van der Waals surface area contributed by atoms with Crippen molar-refractivity contribution in [3.05, 3.63) is 33.4 Å². The molecule has 3 aliphatic rings. The Kier molecular flexibility index (Phi) is 10.5. The number of esters is 1. The molecule has 7 rings (SSSR count). The predicted molar refractivity (Wildman–Crippen MR) is 181 cm³/mol. The van der Waals surface area contributed by atoms with E-state index in [9.17, 15) is 33.5 Å². The van der Waals surface area contributed by atoms with E-state index in [-0.39, 0.29) is 46.6 Å². The molecular weight excluding hydrogens is 789 g/mol. The maximum absolute atomic E-state index is 16.3. The van der Waals surface area contributed by atoms with Crippen LogP contribution in [-0.4, -0.2) is 111 Å². The maximum Gasteiger partial charge on any atom is 0.472 e. The second-order valence-corrected chi connectivity index (χ2v) is 18.0. The fraction of sp³-hybridized carbons (Fsp3) is 0.577. The van der Waals surface area contributed by atoms with Gasteiger partial charge in [0.25, 0.3) is 11.1 Å². The number of aliphatic hydroxyl groups excluding tert-OH is 1. The molecule has 294 valence electrons. The Morgan fingerprint density at radius 1 is 0.981 bits per heavy atom. The molecule has 0 aliphatic carbocycles. The Labute approximate surface area is 304 Å². The maximum atomic E-state index is 16.3. The van der Waals surface area contributed by atoms with Gasteiger partial charge < -0.3 is 35.7 Å². The van der Waals surface area contributed by atoms with Gasteiger partial charge in [0, 0.05) is 17.8 Å². The first kappa shape index (κ1) is 38.5. The number of H-pyrrole nitrogens is 2. The Morgan fingerprint density at radius 2 is 1.56 bits per heavy atom. The number of aliphatic hydroxyl groups is 1. The van der Waals surface area contributed by atoms with E-state index >= 15 is 4.39 Å². The van der Waals surface area contributed by atoms with Crippen molar-refractivity contribution in [1.29, 1.82) is 0 Å². The lowest BCUT2D eigenvalue weighted by Crippen LogP contribution is -2.35. The molecule has 3 saturated heterocycles. The summed E-state index contributed by atoms with van der Waals surface area (Å²) in [6.07, 6.45) is -12.0. The average Bonchev–Trinajstić information content (AvgIpc) is 3.84. The Morgan fingerprint density at radius 3 is 2.17 bits per heavy atom. The molecule has 10 atom stereocenters. The monoisotopic (exact) mass is 822 g/mol. The van der Waals surface area contributed by atoms with E-state index in [0.717, 1.165) is 21.8 Å². The van der Waals surface area contributed by atoms with Gasteiger partial charge in [0.15, 0.2) is 41.0 Å². The van der Waals surface area contributed by atoms with Crippen molar-refractivity contribution in [3.63, 3.8) is 0 Å². The molecule has 4 aromatic rings. The smallest absolute Gasteiger partial charge is 0.454 e. The quantitative estimate of drug-likeness (QED) is 0.0824. The highest BCUT2D eigenvalue weighted by atomic mass is 32.7. The van der Waals surface area contributed by atoms with Crippen LogP contribution in [0.1, 0.15) is 32.7 Å². The number of alkyl halides is 1. The highest BCUT2D eigenvalue weighted by Gasteiger charge is 2.55. The summed E-state index contributed by atoms with van der Waals surface area (Å²) in [6, 6.07) is 0. The highest BCUT2D eigenvalue weighted by Crippen LogP contribution is 2.64. The Balaban J connectivity index is 1.24. The van der Waals surface area contributed by atoms with Crippen LogP contribution in [0.5, 0.6) is 0 Å². The van der Waals surface area contributed by atoms with Crippen molar-refractivity contribution in [2.45, 2.75) is 69.4 Å². The molecular formula is C26H33FN10O14P2S. The zero-order chi connectivity index (χ0) is 38.7. The minimum absolute atomic E-state index is 0.0270. The standard InChI is InChI=1S/C26H33FN10O14P2S/c1-9(2)3-12(38)45-8-54-53(44)47-5-11-17(13(27)23(49-11)36-6-30-14-19(36)32-25(28)34-21(14)40)50-52(42,43)46-4-10-16(39)18(51-53)24(48-10)37-7-31-15-20(37)33-26(29)35-22(15)41/h6-7,9-11,13,16-18,23-24,39H,3-5,8H2,1-2H3,(H,42,43)(H3,28,32,34,40)(H3,29,33,35,41). The van der Waals surface area contributed by atoms with Crippen molar-refractivity contribution < 1.29 is 60.6 Å². The number of nitrogens with two attached hydrogens (primary N) is 2. The zero-order valence-electron chi connectivity index (χ0n) is 28.0. The van der Waals surface area contributed by atoms with Crippen molar-refractivity contribution in [1.82, 2.24) is 39.0 Å². The highest BCUT2D eigenvalue weighted by molar-refractivity contribution is 8.55. The third-order valence-electron chi connectivity index (χ3n) is 8.34. The summed E-state index contributed by atoms with van der Waals surface area (Å²) in [5.41, 5.74) is 9.20. The van der Waals surface area contributed by atoms with Crippen molar-refractivity contribution in [2.24, 2.45) is 5.92 Å². The summed E-state index contributed by atoms with van der Waals surface area (Å²) >= 11 is 0.380. The van der Waals surface area contributed by atoms with Gasteiger partial charge in [0.2, 0.25) is 11.9 Å². The van der Waals surface area contributed by atoms with Crippen molar-refractivity contribution >= 4 is 66.2 Å². The second kappa shape index (κ2) is 14.7. The number of ether oxygens (including phenoxy) is 3. The second-order valence-electron chi connectivity index (χ2n) is 12.6. The number of anilines is 2. The Bertz CT molecular complexity index is 2290. The van der Waals surface area contributed by atoms with Gasteiger partial charge in [-0.1, -0.05) is 13.8 Å². The lowest BCUT2D eigenvalue weighted by atomic mass is 10.1. The van der Waals surface area contributed by atoms with Crippen LogP contribution in [-0.2, 0) is 46.2 Å². The number of phosphoric acid groups is 1. The summed E-state index contributed by atoms with van der Waals surface area (Å²) in [5, 5.41) is 11.4. The van der Waals surface area contributed by atoms with Crippen LogP contribution >= 0.6 is 26.0 Å². The topological polar surface area (TPSA) is 335 Å². The first-order chi connectivity index (χ1) is 25.5. The van der Waals surface area contributed by atoms with Gasteiger partial charge in [0.05, 0.1) is 25.9 Å². The number of aromatic nitrogens is 8. The number of rotatable bonds is 7. The first-order valence-corrected chi connectivity index (χ1v) is 20.6. The molecule has 3 fully saturated rings. The van der Waals surface area contributed by atoms with Crippen LogP contribution in [0.2, 0.25) is 0 Å². The number of nitrogens with zero attached hydrogens (tertiary/aromatic N) is 6. The van der Waals surface area contributed by atoms with Gasteiger partial charge >= 0.3 is 20.6 Å². The summed E-state index contributed by atoms with van der Waals surface area (Å²) < 4.78 is 85.4. The molecule has 10 unspecified atom stereocenters. The van der Waals surface area contributed by atoms with Crippen LogP contribution in [0.15, 0.2) is 22.2 Å². The fourth-order valence-electron chi connectivity index (χ4n) is 5.94. The van der Waals surface area contributed by atoms with Crippen molar-refractivity contribution in [2.75, 3.05) is 30.6 Å². The van der Waals surface area contributed by atoms with Gasteiger partial charge in [-0.05, 0) is 5.92 Å². The van der Waals surface area contributed by atoms with Gasteiger partial charge in [0.1, 0.15) is 36.5 Å². The number of carbonyl (C=O) groups excluding carboxylic acids is 1. The average molecular weight is 823 g/mol. The SMILES string of the molecule is CC(C)CC(=O)OCSP1(=O)OCC2OC(n3cnc4c(=O)[nH]c(N)nc43)C(F)C2OP(=O)(O)OCC2OC(n3cnc4c(=O)[nH]c(N)nc43)C(O1)C2O. The van der Waals surface area contributed by atoms with Crippen LogP contribution in [0.4, 0.5) is 16.3 Å². The van der Waals surface area contributed by atoms with Gasteiger partial charge in [-0.2, -0.15) is 9.97 Å². The number of nitrogen functional groups attached to an aromatic ring is 2. The lowest BCUT2D eigenvalue weighted by Gasteiger charge is -2.27. The van der Waals surface area contributed by atoms with Crippen LogP contribution in [0.3, 0.4) is 0 Å². The molecule has 4 aromatic heterocycles. The number of aromatic amines is 2. The summed E-state index contributed by atoms with van der Waals surface area (Å²) in [6.45, 7) is -2.86. The zero-order valence-corrected chi connectivity index (χ0v) is 30.6. The molecule has 24 nitrogen and oxygen atoms in total. The van der Waals surface area contributed by atoms with E-state index in [1.165, 1.54) is 0 Å². The third kappa shape index (κ3) is 7.55. The number of halogens is 1. The molecule has 28 heteroatoms. The lowest BCUT2D eigenvalue weighted by molar-refractivity contribution is -0.142. The van der Waals surface area contributed by atoms with E-state index in [1.807, 2.05) is 0 Å². The normalized spacial score (nSPS) is 33.4. The summed E-state index contributed by atoms with van der Waals surface area (Å²) in [4.78, 5) is 68.5. The number of imidazole rings is 2. The first-order valence-electron chi connectivity index (χ1n) is 16.0. The molecule has 7 heterocycles. The van der Waals surface area contributed by atoms with E-state index in [0.29, 0.717) is 11.4 Å². The Hall–Kier alpha value is -3.81. The molecule has 0 amide bonds. The number of carbonyl (C=O) groups is 1. The summed E-state index contributed by atoms with van der Waals surface area (Å²) in [7, 11) is -5.24. The van der Waals surface area contributed by atoms with E-state index in [2.05, 4.69) is 29.9 Å². The number of nitrogens with one attached hydrogen (secondary N) is 2. The van der Waals surface area contributed by atoms with E-state index < -0.39 is 100 Å².